The summed E-state index contributed by atoms with van der Waals surface area (Å²) in [6.45, 7) is 3.74. The molecule has 0 aliphatic carbocycles. The van der Waals surface area contributed by atoms with Gasteiger partial charge in [0.25, 0.3) is 0 Å². The van der Waals surface area contributed by atoms with Gasteiger partial charge in [0.15, 0.2) is 0 Å². The second-order valence-corrected chi connectivity index (χ2v) is 5.32. The minimum atomic E-state index is -0.140. The van der Waals surface area contributed by atoms with Crippen molar-refractivity contribution in [2.45, 2.75) is 19.8 Å². The van der Waals surface area contributed by atoms with E-state index in [0.717, 1.165) is 25.9 Å². The summed E-state index contributed by atoms with van der Waals surface area (Å²) in [5.74, 6) is 0.678. The molecule has 1 fully saturated rings. The van der Waals surface area contributed by atoms with E-state index < -0.39 is 0 Å². The Balaban J connectivity index is 1.89. The summed E-state index contributed by atoms with van der Waals surface area (Å²) in [5, 5.41) is 8.11. The lowest BCUT2D eigenvalue weighted by atomic mass is 10.00. The van der Waals surface area contributed by atoms with Crippen molar-refractivity contribution >= 4 is 28.8 Å². The van der Waals surface area contributed by atoms with E-state index in [0.29, 0.717) is 22.2 Å². The third kappa shape index (κ3) is 2.28. The van der Waals surface area contributed by atoms with Gasteiger partial charge in [0.2, 0.25) is 5.65 Å². The van der Waals surface area contributed by atoms with Gasteiger partial charge < -0.3 is 4.90 Å². The lowest BCUT2D eigenvalue weighted by molar-refractivity contribution is 0.173. The molecule has 0 unspecified atom stereocenters. The van der Waals surface area contributed by atoms with Crippen molar-refractivity contribution in [2.24, 2.45) is 5.92 Å². The Morgan fingerprint density at radius 3 is 2.84 bits per heavy atom. The van der Waals surface area contributed by atoms with Crippen LogP contribution in [0.3, 0.4) is 0 Å². The molecule has 19 heavy (non-hydrogen) atoms. The Morgan fingerprint density at radius 1 is 1.37 bits per heavy atom. The molecule has 2 aromatic heterocycles. The maximum atomic E-state index is 12.4. The van der Waals surface area contributed by atoms with Crippen LogP contribution >= 0.6 is 11.6 Å². The van der Waals surface area contributed by atoms with Crippen molar-refractivity contribution in [3.05, 3.63) is 17.3 Å². The van der Waals surface area contributed by atoms with Crippen molar-refractivity contribution in [2.75, 3.05) is 13.1 Å². The van der Waals surface area contributed by atoms with Gasteiger partial charge in [-0.3, -0.25) is 0 Å². The highest BCUT2D eigenvalue weighted by molar-refractivity contribution is 6.29. The Bertz CT molecular complexity index is 618. The molecule has 1 aliphatic heterocycles. The Morgan fingerprint density at radius 2 is 2.11 bits per heavy atom. The number of rotatable bonds is 0. The number of fused-ring (bicyclic) bond motifs is 1. The second-order valence-electron chi connectivity index (χ2n) is 4.93. The van der Waals surface area contributed by atoms with Gasteiger partial charge in [-0.2, -0.15) is 4.68 Å². The highest BCUT2D eigenvalue weighted by Gasteiger charge is 2.23. The summed E-state index contributed by atoms with van der Waals surface area (Å²) in [6, 6.07) is 3.21. The Hall–Kier alpha value is -1.69. The largest absolute Gasteiger partial charge is 0.346 e. The first-order chi connectivity index (χ1) is 9.15. The van der Waals surface area contributed by atoms with Crippen LogP contribution in [-0.4, -0.2) is 44.0 Å². The van der Waals surface area contributed by atoms with E-state index in [2.05, 4.69) is 22.2 Å². The van der Waals surface area contributed by atoms with Crippen LogP contribution in [0.5, 0.6) is 0 Å². The van der Waals surface area contributed by atoms with E-state index in [4.69, 9.17) is 11.6 Å². The van der Waals surface area contributed by atoms with Gasteiger partial charge in [0.1, 0.15) is 10.7 Å². The fourth-order valence-corrected chi connectivity index (χ4v) is 2.41. The number of likely N-dealkylation sites (tertiary alicyclic amines) is 1. The molecular weight excluding hydrogens is 266 g/mol. The molecule has 0 saturated carbocycles. The van der Waals surface area contributed by atoms with Crippen molar-refractivity contribution in [1.82, 2.24) is 24.9 Å². The predicted octanol–water partition coefficient (Wildman–Crippen LogP) is 2.18. The number of nitrogens with zero attached hydrogens (tertiary/aromatic N) is 5. The predicted molar refractivity (Wildman–Crippen MR) is 71.1 cm³/mol. The first kappa shape index (κ1) is 12.3. The molecule has 1 aliphatic rings. The third-order valence-electron chi connectivity index (χ3n) is 3.51. The van der Waals surface area contributed by atoms with Gasteiger partial charge in [-0.1, -0.05) is 23.7 Å². The number of pyridine rings is 1. The molecule has 0 atom stereocenters. The van der Waals surface area contributed by atoms with Crippen LogP contribution in [0.1, 0.15) is 19.8 Å². The topological polar surface area (TPSA) is 63.9 Å². The van der Waals surface area contributed by atoms with Gasteiger partial charge in [-0.25, -0.2) is 9.78 Å². The lowest BCUT2D eigenvalue weighted by Crippen LogP contribution is -2.40. The summed E-state index contributed by atoms with van der Waals surface area (Å²) >= 11 is 5.79. The second kappa shape index (κ2) is 4.77. The normalized spacial score (nSPS) is 17.1. The fraction of sp³-hybridized carbons (Fsp3) is 0.500. The molecule has 3 heterocycles. The molecule has 0 bridgehead atoms. The van der Waals surface area contributed by atoms with Crippen molar-refractivity contribution in [3.63, 3.8) is 0 Å². The zero-order valence-electron chi connectivity index (χ0n) is 10.6. The molecule has 100 valence electrons. The summed E-state index contributed by atoms with van der Waals surface area (Å²) in [7, 11) is 0. The molecule has 6 nitrogen and oxygen atoms in total. The summed E-state index contributed by atoms with van der Waals surface area (Å²) < 4.78 is 1.30. The molecular formula is C12H14ClN5O. The first-order valence-electron chi connectivity index (χ1n) is 6.32. The molecule has 0 radical (unpaired) electrons. The quantitative estimate of drug-likeness (QED) is 0.694. The van der Waals surface area contributed by atoms with Gasteiger partial charge in [0.05, 0.1) is 0 Å². The van der Waals surface area contributed by atoms with Crippen LogP contribution in [0.2, 0.25) is 5.15 Å². The minimum Gasteiger partial charge on any atom is -0.323 e. The molecule has 0 aromatic carbocycles. The van der Waals surface area contributed by atoms with Crippen molar-refractivity contribution in [1.29, 1.82) is 0 Å². The summed E-state index contributed by atoms with van der Waals surface area (Å²) in [4.78, 5) is 18.2. The third-order valence-corrected chi connectivity index (χ3v) is 3.72. The first-order valence-corrected chi connectivity index (χ1v) is 6.70. The highest BCUT2D eigenvalue weighted by Crippen LogP contribution is 2.18. The van der Waals surface area contributed by atoms with Gasteiger partial charge in [-0.15, -0.1) is 5.10 Å². The smallest absolute Gasteiger partial charge is 0.323 e. The average molecular weight is 280 g/mol. The molecule has 0 N–H and O–H groups in total. The van der Waals surface area contributed by atoms with Gasteiger partial charge in [-0.05, 0) is 30.9 Å². The zero-order chi connectivity index (χ0) is 13.4. The van der Waals surface area contributed by atoms with Gasteiger partial charge in [0, 0.05) is 13.1 Å². The van der Waals surface area contributed by atoms with Crippen molar-refractivity contribution in [3.8, 4) is 0 Å². The van der Waals surface area contributed by atoms with E-state index in [1.165, 1.54) is 4.68 Å². The lowest BCUT2D eigenvalue weighted by Gasteiger charge is -2.29. The van der Waals surface area contributed by atoms with E-state index >= 15 is 0 Å². The Kier molecular flexibility index (Phi) is 3.10. The average Bonchev–Trinajstić information content (AvgIpc) is 2.81. The van der Waals surface area contributed by atoms with Crippen LogP contribution < -0.4 is 0 Å². The standard InChI is InChI=1S/C12H14ClN5O/c1-8-4-6-17(7-5-8)12(19)18-9-2-3-10(13)14-11(9)15-16-18/h2-3,8H,4-7H2,1H3. The van der Waals surface area contributed by atoms with E-state index in [1.54, 1.807) is 12.1 Å². The number of carbonyl (C=O) groups excluding carboxylic acids is 1. The molecule has 3 rings (SSSR count). The monoisotopic (exact) mass is 279 g/mol. The maximum Gasteiger partial charge on any atom is 0.346 e. The minimum absolute atomic E-state index is 0.140. The number of piperidine rings is 1. The molecule has 1 amide bonds. The fourth-order valence-electron chi connectivity index (χ4n) is 2.27. The SMILES string of the molecule is CC1CCN(C(=O)n2nnc3nc(Cl)ccc32)CC1. The number of hydrogen-bond acceptors (Lipinski definition) is 4. The number of hydrogen-bond donors (Lipinski definition) is 0. The molecule has 2 aromatic rings. The van der Waals surface area contributed by atoms with Crippen LogP contribution in [0.4, 0.5) is 4.79 Å². The summed E-state index contributed by atoms with van der Waals surface area (Å²) in [5.41, 5.74) is 0.985. The van der Waals surface area contributed by atoms with Gasteiger partial charge >= 0.3 is 6.03 Å². The zero-order valence-corrected chi connectivity index (χ0v) is 11.3. The number of aromatic nitrogens is 4. The van der Waals surface area contributed by atoms with E-state index in [-0.39, 0.29) is 6.03 Å². The van der Waals surface area contributed by atoms with E-state index in [9.17, 15) is 4.79 Å². The van der Waals surface area contributed by atoms with Crippen LogP contribution in [0, 0.1) is 5.92 Å². The molecule has 0 spiro atoms. The highest BCUT2D eigenvalue weighted by atomic mass is 35.5. The maximum absolute atomic E-state index is 12.4. The van der Waals surface area contributed by atoms with Crippen LogP contribution in [0.15, 0.2) is 12.1 Å². The van der Waals surface area contributed by atoms with Crippen LogP contribution in [0.25, 0.3) is 11.2 Å². The Labute approximate surface area is 115 Å². The number of amides is 1. The number of carbonyl (C=O) groups is 1. The number of halogens is 1. The molecule has 1 saturated heterocycles. The van der Waals surface area contributed by atoms with Crippen molar-refractivity contribution < 1.29 is 4.79 Å². The summed E-state index contributed by atoms with van der Waals surface area (Å²) in [6.07, 6.45) is 2.06. The van der Waals surface area contributed by atoms with Crippen LogP contribution in [-0.2, 0) is 0 Å². The van der Waals surface area contributed by atoms with E-state index in [1.807, 2.05) is 4.90 Å². The molecule has 7 heteroatoms.